The highest BCUT2D eigenvalue weighted by Crippen LogP contribution is 2.27. The van der Waals surface area contributed by atoms with Gasteiger partial charge in [0.2, 0.25) is 5.95 Å². The topological polar surface area (TPSA) is 70.8 Å². The lowest BCUT2D eigenvalue weighted by molar-refractivity contribution is 0.496. The Morgan fingerprint density at radius 3 is 2.85 bits per heavy atom. The van der Waals surface area contributed by atoms with Crippen molar-refractivity contribution in [1.29, 1.82) is 0 Å². The Bertz CT molecular complexity index is 601. The standard InChI is InChI=1S/C14H18ClN5/c1-9-11(3-2-4-12(9)15)13-17-14(19-18-13)20-7-5-10(16)6-8-20/h2-4,10H,5-8,16H2,1H3,(H,17,18,19). The van der Waals surface area contributed by atoms with Crippen molar-refractivity contribution in [3.05, 3.63) is 28.8 Å². The van der Waals surface area contributed by atoms with Gasteiger partial charge in [0.25, 0.3) is 0 Å². The summed E-state index contributed by atoms with van der Waals surface area (Å²) in [6.07, 6.45) is 1.97. The van der Waals surface area contributed by atoms with E-state index in [0.29, 0.717) is 6.04 Å². The fourth-order valence-electron chi connectivity index (χ4n) is 2.48. The minimum absolute atomic E-state index is 0.305. The van der Waals surface area contributed by atoms with Gasteiger partial charge in [-0.05, 0) is 31.4 Å². The summed E-state index contributed by atoms with van der Waals surface area (Å²) in [7, 11) is 0. The smallest absolute Gasteiger partial charge is 0.245 e. The first-order chi connectivity index (χ1) is 9.65. The van der Waals surface area contributed by atoms with Crippen LogP contribution in [0, 0.1) is 6.92 Å². The number of rotatable bonds is 2. The van der Waals surface area contributed by atoms with Crippen molar-refractivity contribution in [2.75, 3.05) is 18.0 Å². The number of nitrogens with one attached hydrogen (secondary N) is 1. The SMILES string of the molecule is Cc1c(Cl)cccc1-c1nc(N2CCC(N)CC2)n[nH]1. The number of H-pyrrole nitrogens is 1. The fourth-order valence-corrected chi connectivity index (χ4v) is 2.65. The van der Waals surface area contributed by atoms with Crippen molar-refractivity contribution in [3.63, 3.8) is 0 Å². The minimum Gasteiger partial charge on any atom is -0.339 e. The van der Waals surface area contributed by atoms with E-state index in [9.17, 15) is 0 Å². The number of aromatic amines is 1. The second-order valence-electron chi connectivity index (χ2n) is 5.22. The molecule has 0 atom stereocenters. The molecule has 1 aromatic carbocycles. The third-order valence-corrected chi connectivity index (χ3v) is 4.23. The monoisotopic (exact) mass is 291 g/mol. The molecule has 1 aromatic heterocycles. The van der Waals surface area contributed by atoms with Crippen LogP contribution in [-0.2, 0) is 0 Å². The summed E-state index contributed by atoms with van der Waals surface area (Å²) in [4.78, 5) is 6.76. The molecular weight excluding hydrogens is 274 g/mol. The first-order valence-electron chi connectivity index (χ1n) is 6.83. The molecule has 0 saturated carbocycles. The van der Waals surface area contributed by atoms with Gasteiger partial charge in [0.1, 0.15) is 0 Å². The van der Waals surface area contributed by atoms with E-state index in [0.717, 1.165) is 53.9 Å². The predicted molar refractivity (Wildman–Crippen MR) is 81.0 cm³/mol. The molecule has 106 valence electrons. The molecule has 0 unspecified atom stereocenters. The Labute approximate surface area is 123 Å². The molecule has 1 aliphatic heterocycles. The minimum atomic E-state index is 0.305. The summed E-state index contributed by atoms with van der Waals surface area (Å²) in [5.74, 6) is 1.50. The van der Waals surface area contributed by atoms with Gasteiger partial charge in [-0.25, -0.2) is 0 Å². The quantitative estimate of drug-likeness (QED) is 0.891. The van der Waals surface area contributed by atoms with Crippen molar-refractivity contribution in [2.45, 2.75) is 25.8 Å². The molecule has 20 heavy (non-hydrogen) atoms. The zero-order valence-electron chi connectivity index (χ0n) is 11.4. The third-order valence-electron chi connectivity index (χ3n) is 3.82. The summed E-state index contributed by atoms with van der Waals surface area (Å²) in [6, 6.07) is 6.11. The maximum Gasteiger partial charge on any atom is 0.245 e. The van der Waals surface area contributed by atoms with Crippen molar-refractivity contribution in [3.8, 4) is 11.4 Å². The molecule has 5 nitrogen and oxygen atoms in total. The van der Waals surface area contributed by atoms with Crippen molar-refractivity contribution >= 4 is 17.5 Å². The summed E-state index contributed by atoms with van der Waals surface area (Å²) < 4.78 is 0. The second-order valence-corrected chi connectivity index (χ2v) is 5.63. The molecule has 2 heterocycles. The highest BCUT2D eigenvalue weighted by Gasteiger charge is 2.20. The molecule has 3 N–H and O–H groups in total. The summed E-state index contributed by atoms with van der Waals surface area (Å²) in [5, 5.41) is 8.06. The first kappa shape index (κ1) is 13.4. The summed E-state index contributed by atoms with van der Waals surface area (Å²) in [6.45, 7) is 3.81. The lowest BCUT2D eigenvalue weighted by Gasteiger charge is -2.28. The van der Waals surface area contributed by atoms with Crippen LogP contribution in [0.3, 0.4) is 0 Å². The van der Waals surface area contributed by atoms with Gasteiger partial charge in [-0.2, -0.15) is 4.98 Å². The molecule has 6 heteroatoms. The lowest BCUT2D eigenvalue weighted by atomic mass is 10.1. The number of hydrogen-bond acceptors (Lipinski definition) is 4. The van der Waals surface area contributed by atoms with Gasteiger partial charge in [0.15, 0.2) is 5.82 Å². The Morgan fingerprint density at radius 2 is 2.10 bits per heavy atom. The van der Waals surface area contributed by atoms with Gasteiger partial charge in [-0.1, -0.05) is 23.7 Å². The van der Waals surface area contributed by atoms with E-state index in [-0.39, 0.29) is 0 Å². The third kappa shape index (κ3) is 2.51. The lowest BCUT2D eigenvalue weighted by Crippen LogP contribution is -2.40. The van der Waals surface area contributed by atoms with Crippen LogP contribution in [0.1, 0.15) is 18.4 Å². The molecule has 0 aliphatic carbocycles. The summed E-state index contributed by atoms with van der Waals surface area (Å²) in [5.41, 5.74) is 7.92. The van der Waals surface area contributed by atoms with Crippen LogP contribution >= 0.6 is 11.6 Å². The summed E-state index contributed by atoms with van der Waals surface area (Å²) >= 11 is 6.15. The van der Waals surface area contributed by atoms with Gasteiger partial charge in [0, 0.05) is 29.7 Å². The van der Waals surface area contributed by atoms with E-state index in [1.165, 1.54) is 0 Å². The Kier molecular flexibility index (Phi) is 3.63. The number of piperidine rings is 1. The highest BCUT2D eigenvalue weighted by molar-refractivity contribution is 6.31. The van der Waals surface area contributed by atoms with Crippen LogP contribution in [0.5, 0.6) is 0 Å². The molecule has 0 amide bonds. The zero-order valence-corrected chi connectivity index (χ0v) is 12.2. The van der Waals surface area contributed by atoms with E-state index >= 15 is 0 Å². The molecule has 0 bridgehead atoms. The highest BCUT2D eigenvalue weighted by atomic mass is 35.5. The number of nitrogens with two attached hydrogens (primary N) is 1. The average Bonchev–Trinajstić information content (AvgIpc) is 2.92. The molecule has 3 rings (SSSR count). The average molecular weight is 292 g/mol. The van der Waals surface area contributed by atoms with Crippen LogP contribution in [0.4, 0.5) is 5.95 Å². The molecule has 2 aromatic rings. The normalized spacial score (nSPS) is 16.6. The number of aromatic nitrogens is 3. The zero-order chi connectivity index (χ0) is 14.1. The largest absolute Gasteiger partial charge is 0.339 e. The molecule has 1 fully saturated rings. The van der Waals surface area contributed by atoms with Crippen LogP contribution < -0.4 is 10.6 Å². The number of nitrogens with zero attached hydrogens (tertiary/aromatic N) is 3. The molecule has 1 saturated heterocycles. The van der Waals surface area contributed by atoms with Crippen LogP contribution in [0.2, 0.25) is 5.02 Å². The van der Waals surface area contributed by atoms with Crippen LogP contribution in [-0.4, -0.2) is 34.3 Å². The fraction of sp³-hybridized carbons (Fsp3) is 0.429. The van der Waals surface area contributed by atoms with E-state index in [2.05, 4.69) is 20.1 Å². The van der Waals surface area contributed by atoms with Crippen molar-refractivity contribution in [1.82, 2.24) is 15.2 Å². The van der Waals surface area contributed by atoms with E-state index in [1.54, 1.807) is 0 Å². The maximum atomic E-state index is 6.15. The molecule has 0 radical (unpaired) electrons. The van der Waals surface area contributed by atoms with E-state index in [4.69, 9.17) is 17.3 Å². The Balaban J connectivity index is 1.85. The van der Waals surface area contributed by atoms with Crippen molar-refractivity contribution in [2.24, 2.45) is 5.73 Å². The van der Waals surface area contributed by atoms with Gasteiger partial charge in [-0.15, -0.1) is 5.10 Å². The molecular formula is C14H18ClN5. The van der Waals surface area contributed by atoms with Crippen LogP contribution in [0.25, 0.3) is 11.4 Å². The van der Waals surface area contributed by atoms with Gasteiger partial charge >= 0.3 is 0 Å². The first-order valence-corrected chi connectivity index (χ1v) is 7.21. The Morgan fingerprint density at radius 1 is 1.35 bits per heavy atom. The molecule has 0 spiro atoms. The second kappa shape index (κ2) is 5.42. The van der Waals surface area contributed by atoms with Crippen LogP contribution in [0.15, 0.2) is 18.2 Å². The van der Waals surface area contributed by atoms with Gasteiger partial charge < -0.3 is 10.6 Å². The van der Waals surface area contributed by atoms with Gasteiger partial charge in [0.05, 0.1) is 0 Å². The van der Waals surface area contributed by atoms with Crippen molar-refractivity contribution < 1.29 is 0 Å². The Hall–Kier alpha value is -1.59. The predicted octanol–water partition coefficient (Wildman–Crippen LogP) is 2.36. The molecule has 1 aliphatic rings. The van der Waals surface area contributed by atoms with Gasteiger partial charge in [-0.3, -0.25) is 5.10 Å². The maximum absolute atomic E-state index is 6.15. The van der Waals surface area contributed by atoms with E-state index in [1.807, 2.05) is 25.1 Å². The number of benzene rings is 1. The number of anilines is 1. The number of hydrogen-bond donors (Lipinski definition) is 2. The number of halogens is 1. The van der Waals surface area contributed by atoms with E-state index < -0.39 is 0 Å².